The van der Waals surface area contributed by atoms with Crippen LogP contribution in [0.1, 0.15) is 24.8 Å². The average molecular weight is 644 g/mol. The Labute approximate surface area is 254 Å². The number of nitrogens with zero attached hydrogens (tertiary/aromatic N) is 6. The van der Waals surface area contributed by atoms with Crippen LogP contribution in [0.2, 0.25) is 5.02 Å². The number of piperazine rings is 1. The minimum Gasteiger partial charge on any atom is -0.481 e. The largest absolute Gasteiger partial charge is 0.481 e. The van der Waals surface area contributed by atoms with Gasteiger partial charge in [0.15, 0.2) is 16.8 Å². The molecule has 3 aromatic rings. The molecule has 16 heteroatoms. The number of rotatable bonds is 9. The second kappa shape index (κ2) is 13.2. The van der Waals surface area contributed by atoms with Gasteiger partial charge in [-0.05, 0) is 25.0 Å². The molecular weight excluding hydrogens is 614 g/mol. The lowest BCUT2D eigenvalue weighted by atomic mass is 10.1. The zero-order chi connectivity index (χ0) is 30.7. The number of anilines is 4. The predicted molar refractivity (Wildman–Crippen MR) is 156 cm³/mol. The van der Waals surface area contributed by atoms with Gasteiger partial charge in [-0.1, -0.05) is 29.0 Å². The normalized spacial score (nSPS) is 18.2. The Kier molecular flexibility index (Phi) is 9.54. The molecule has 2 saturated heterocycles. The van der Waals surface area contributed by atoms with E-state index < -0.39 is 28.5 Å². The third-order valence-corrected chi connectivity index (χ3v) is 8.82. The Morgan fingerprint density at radius 1 is 1.19 bits per heavy atom. The van der Waals surface area contributed by atoms with Crippen molar-refractivity contribution >= 4 is 50.7 Å². The van der Waals surface area contributed by atoms with Crippen LogP contribution in [-0.4, -0.2) is 90.0 Å². The van der Waals surface area contributed by atoms with Gasteiger partial charge in [0.05, 0.1) is 23.1 Å². The summed E-state index contributed by atoms with van der Waals surface area (Å²) >= 11 is 7.06. The van der Waals surface area contributed by atoms with Crippen LogP contribution >= 0.6 is 22.9 Å². The molecule has 0 bridgehead atoms. The summed E-state index contributed by atoms with van der Waals surface area (Å²) in [5.41, 5.74) is -0.443. The topological polar surface area (TPSA) is 107 Å². The van der Waals surface area contributed by atoms with Crippen molar-refractivity contribution < 1.29 is 32.2 Å². The molecule has 1 aromatic carbocycles. The summed E-state index contributed by atoms with van der Waals surface area (Å²) in [5, 5.41) is 12.3. The number of piperidine rings is 1. The number of nitrogens with one attached hydrogen (secondary N) is 1. The van der Waals surface area contributed by atoms with Crippen LogP contribution in [0, 0.1) is 5.82 Å². The van der Waals surface area contributed by atoms with E-state index in [-0.39, 0.29) is 34.9 Å². The molecule has 2 aliphatic rings. The molecule has 2 fully saturated rings. The fourth-order valence-electron chi connectivity index (χ4n) is 5.18. The van der Waals surface area contributed by atoms with Crippen molar-refractivity contribution in [2.75, 3.05) is 68.0 Å². The number of carboxylic acid groups (broad SMARTS) is 1. The molecular formula is C27H30ClF4N7O3S. The molecule has 10 nitrogen and oxygen atoms in total. The molecule has 0 spiro atoms. The second-order valence-corrected chi connectivity index (χ2v) is 11.7. The summed E-state index contributed by atoms with van der Waals surface area (Å²) in [6, 6.07) is 3.65. The van der Waals surface area contributed by atoms with E-state index in [0.29, 0.717) is 56.5 Å². The van der Waals surface area contributed by atoms with E-state index in [1.165, 1.54) is 29.8 Å². The van der Waals surface area contributed by atoms with Gasteiger partial charge in [-0.15, -0.1) is 0 Å². The lowest BCUT2D eigenvalue weighted by Crippen LogP contribution is -2.47. The number of hydrogen-bond acceptors (Lipinski definition) is 10. The number of thiazole rings is 1. The van der Waals surface area contributed by atoms with Gasteiger partial charge >= 0.3 is 12.1 Å². The summed E-state index contributed by atoms with van der Waals surface area (Å²) in [7, 11) is 1.62. The molecule has 0 radical (unpaired) electrons. The van der Waals surface area contributed by atoms with Crippen molar-refractivity contribution in [1.29, 1.82) is 0 Å². The summed E-state index contributed by atoms with van der Waals surface area (Å²) in [4.78, 5) is 29.5. The third kappa shape index (κ3) is 7.28. The van der Waals surface area contributed by atoms with Crippen molar-refractivity contribution in [3.8, 4) is 11.3 Å². The SMILES string of the molecule is CO[C@H]1CCCN(c2sc(Nc3ncnc(N4CCN(CCC(=O)O)CC4)c3F)nc2-c2ccc(Cl)c(C(F)(F)F)c2)C1. The van der Waals surface area contributed by atoms with Gasteiger partial charge in [-0.25, -0.2) is 15.0 Å². The number of alkyl halides is 3. The Morgan fingerprint density at radius 2 is 1.95 bits per heavy atom. The number of carbonyl (C=O) groups is 1. The van der Waals surface area contributed by atoms with E-state index in [4.69, 9.17) is 21.4 Å². The van der Waals surface area contributed by atoms with Crippen molar-refractivity contribution in [1.82, 2.24) is 19.9 Å². The number of aromatic nitrogens is 3. The van der Waals surface area contributed by atoms with Crippen LogP contribution in [0.4, 0.5) is 39.3 Å². The first-order valence-electron chi connectivity index (χ1n) is 13.7. The van der Waals surface area contributed by atoms with Gasteiger partial charge < -0.3 is 25.0 Å². The minimum absolute atomic E-state index is 0.0326. The van der Waals surface area contributed by atoms with E-state index in [1.54, 1.807) is 12.0 Å². The monoisotopic (exact) mass is 643 g/mol. The Bertz CT molecular complexity index is 1450. The molecule has 232 valence electrons. The molecule has 0 aliphatic carbocycles. The van der Waals surface area contributed by atoms with Crippen molar-refractivity contribution in [3.05, 3.63) is 40.9 Å². The van der Waals surface area contributed by atoms with Crippen LogP contribution in [0.5, 0.6) is 0 Å². The molecule has 0 unspecified atom stereocenters. The molecule has 1 atom stereocenters. The molecule has 0 amide bonds. The lowest BCUT2D eigenvalue weighted by molar-refractivity contribution is -0.138. The molecule has 5 rings (SSSR count). The summed E-state index contributed by atoms with van der Waals surface area (Å²) < 4.78 is 62.3. The van der Waals surface area contributed by atoms with Crippen LogP contribution in [0.3, 0.4) is 0 Å². The molecule has 0 saturated carbocycles. The van der Waals surface area contributed by atoms with Gasteiger partial charge in [0, 0.05) is 58.5 Å². The quantitative estimate of drug-likeness (QED) is 0.296. The highest BCUT2D eigenvalue weighted by Crippen LogP contribution is 2.44. The number of aliphatic carboxylic acids is 1. The van der Waals surface area contributed by atoms with Crippen molar-refractivity contribution in [2.45, 2.75) is 31.5 Å². The molecule has 43 heavy (non-hydrogen) atoms. The van der Waals surface area contributed by atoms with Crippen LogP contribution in [0.15, 0.2) is 24.5 Å². The van der Waals surface area contributed by atoms with Gasteiger partial charge in [0.1, 0.15) is 17.0 Å². The highest BCUT2D eigenvalue weighted by atomic mass is 35.5. The molecule has 2 N–H and O–H groups in total. The van der Waals surface area contributed by atoms with Gasteiger partial charge in [-0.3, -0.25) is 9.69 Å². The standard InChI is InChI=1S/C27H30ClF4N7O3S/c1-42-17-3-2-7-39(14-17)25-22(16-4-5-19(28)18(13-16)27(30,31)32)35-26(43-25)36-23-21(29)24(34-15-33-23)38-11-9-37(10-12-38)8-6-20(40)41/h4-5,13,15,17H,2-3,6-12,14H2,1H3,(H,40,41)(H,33,34,35,36)/t17-/m0/s1. The highest BCUT2D eigenvalue weighted by molar-refractivity contribution is 7.20. The molecule has 2 aliphatic heterocycles. The van der Waals surface area contributed by atoms with Crippen molar-refractivity contribution in [3.63, 3.8) is 0 Å². The summed E-state index contributed by atoms with van der Waals surface area (Å²) in [6.45, 7) is 3.60. The number of halogens is 5. The fraction of sp³-hybridized carbons (Fsp3) is 0.481. The van der Waals surface area contributed by atoms with Crippen LogP contribution < -0.4 is 15.1 Å². The van der Waals surface area contributed by atoms with E-state index in [9.17, 15) is 18.0 Å². The minimum atomic E-state index is -4.65. The summed E-state index contributed by atoms with van der Waals surface area (Å²) in [5.74, 6) is -1.59. The number of methoxy groups -OCH3 is 1. The highest BCUT2D eigenvalue weighted by Gasteiger charge is 2.34. The van der Waals surface area contributed by atoms with E-state index in [1.807, 2.05) is 9.80 Å². The zero-order valence-electron chi connectivity index (χ0n) is 23.2. The number of ether oxygens (including phenoxy) is 1. The van der Waals surface area contributed by atoms with Gasteiger partial charge in [-0.2, -0.15) is 17.6 Å². The first-order valence-corrected chi connectivity index (χ1v) is 14.8. The number of hydrogen-bond donors (Lipinski definition) is 2. The first kappa shape index (κ1) is 31.2. The third-order valence-electron chi connectivity index (χ3n) is 7.46. The Hall–Kier alpha value is -3.27. The maximum atomic E-state index is 15.7. The van der Waals surface area contributed by atoms with Crippen molar-refractivity contribution in [2.24, 2.45) is 0 Å². The smallest absolute Gasteiger partial charge is 0.417 e. The number of carboxylic acids is 1. The van der Waals surface area contributed by atoms with Crippen LogP contribution in [-0.2, 0) is 15.7 Å². The zero-order valence-corrected chi connectivity index (χ0v) is 24.8. The molecule has 4 heterocycles. The number of benzene rings is 1. The van der Waals surface area contributed by atoms with Gasteiger partial charge in [0.2, 0.25) is 5.82 Å². The first-order chi connectivity index (χ1) is 20.5. The Morgan fingerprint density at radius 3 is 2.65 bits per heavy atom. The lowest BCUT2D eigenvalue weighted by Gasteiger charge is -2.35. The van der Waals surface area contributed by atoms with E-state index in [0.717, 1.165) is 18.9 Å². The second-order valence-electron chi connectivity index (χ2n) is 10.3. The maximum Gasteiger partial charge on any atom is 0.417 e. The fourth-order valence-corrected chi connectivity index (χ4v) is 6.43. The van der Waals surface area contributed by atoms with E-state index in [2.05, 4.69) is 20.3 Å². The average Bonchev–Trinajstić information content (AvgIpc) is 3.41. The predicted octanol–water partition coefficient (Wildman–Crippen LogP) is 5.37. The van der Waals surface area contributed by atoms with E-state index >= 15 is 4.39 Å². The van der Waals surface area contributed by atoms with Crippen LogP contribution in [0.25, 0.3) is 11.3 Å². The summed E-state index contributed by atoms with van der Waals surface area (Å²) in [6.07, 6.45) is -1.77. The van der Waals surface area contributed by atoms with Gasteiger partial charge in [0.25, 0.3) is 0 Å². The Balaban J connectivity index is 1.43. The molecule has 2 aromatic heterocycles. The maximum absolute atomic E-state index is 15.7.